The summed E-state index contributed by atoms with van der Waals surface area (Å²) in [7, 11) is 0. The van der Waals surface area contributed by atoms with Gasteiger partial charge >= 0.3 is 5.97 Å². The first kappa shape index (κ1) is 27.4. The van der Waals surface area contributed by atoms with Gasteiger partial charge in [0.1, 0.15) is 11.5 Å². The number of ketones is 1. The number of amides is 1. The van der Waals surface area contributed by atoms with Crippen LogP contribution in [0.4, 0.5) is 0 Å². The number of hydrogen-bond acceptors (Lipinski definition) is 6. The molecule has 0 aliphatic heterocycles. The van der Waals surface area contributed by atoms with Crippen LogP contribution in [0.3, 0.4) is 0 Å². The van der Waals surface area contributed by atoms with Gasteiger partial charge in [-0.05, 0) is 99.3 Å². The van der Waals surface area contributed by atoms with E-state index in [9.17, 15) is 14.4 Å². The van der Waals surface area contributed by atoms with Crippen LogP contribution >= 0.6 is 11.6 Å². The fourth-order valence-corrected chi connectivity index (χ4v) is 3.78. The van der Waals surface area contributed by atoms with Gasteiger partial charge in [0.05, 0.1) is 6.54 Å². The number of halogens is 1. The standard InChI is InChI=1S/C30H31ClN2O5/c1-30(2,29(36)37-25-15-7-21(8-16-25)27(34)19-33-24-11-12-24)38-26-13-3-20(4-14-26)17-18-32-28(35)22-5-9-23(31)10-6-22/h3-10,13-16,24,33H,11-12,17-19H2,1-2H3,(H,32,35). The molecular formula is C30H31ClN2O5. The van der Waals surface area contributed by atoms with Crippen molar-refractivity contribution in [3.05, 3.63) is 94.5 Å². The Hall–Kier alpha value is -3.68. The van der Waals surface area contributed by atoms with Crippen molar-refractivity contribution in [1.82, 2.24) is 10.6 Å². The highest BCUT2D eigenvalue weighted by Gasteiger charge is 2.32. The van der Waals surface area contributed by atoms with E-state index in [0.717, 1.165) is 18.4 Å². The van der Waals surface area contributed by atoms with E-state index in [1.165, 1.54) is 0 Å². The molecule has 1 fully saturated rings. The van der Waals surface area contributed by atoms with Crippen LogP contribution in [-0.4, -0.2) is 42.4 Å². The molecule has 8 heteroatoms. The summed E-state index contributed by atoms with van der Waals surface area (Å²) in [4.78, 5) is 37.2. The smallest absolute Gasteiger partial charge is 0.355 e. The second kappa shape index (κ2) is 12.2. The minimum absolute atomic E-state index is 0.00539. The largest absolute Gasteiger partial charge is 0.476 e. The van der Waals surface area contributed by atoms with E-state index >= 15 is 0 Å². The predicted octanol–water partition coefficient (Wildman–Crippen LogP) is 5.01. The third-order valence-electron chi connectivity index (χ3n) is 6.11. The third-order valence-corrected chi connectivity index (χ3v) is 6.36. The Kier molecular flexibility index (Phi) is 8.81. The molecule has 0 saturated heterocycles. The number of esters is 1. The fraction of sp³-hybridized carbons (Fsp3) is 0.300. The number of rotatable bonds is 12. The maximum atomic E-state index is 12.8. The molecule has 0 bridgehead atoms. The Morgan fingerprint density at radius 3 is 2.11 bits per heavy atom. The van der Waals surface area contributed by atoms with Crippen molar-refractivity contribution >= 4 is 29.3 Å². The van der Waals surface area contributed by atoms with Gasteiger partial charge in [0, 0.05) is 28.7 Å². The lowest BCUT2D eigenvalue weighted by Crippen LogP contribution is -2.41. The lowest BCUT2D eigenvalue weighted by atomic mass is 10.1. The zero-order valence-corrected chi connectivity index (χ0v) is 22.2. The summed E-state index contributed by atoms with van der Waals surface area (Å²) in [6.45, 7) is 4.05. The van der Waals surface area contributed by atoms with Crippen LogP contribution in [0, 0.1) is 0 Å². The molecule has 0 unspecified atom stereocenters. The number of ether oxygens (including phenoxy) is 2. The Bertz CT molecular complexity index is 1270. The van der Waals surface area contributed by atoms with Crippen LogP contribution in [0.25, 0.3) is 0 Å². The summed E-state index contributed by atoms with van der Waals surface area (Å²) < 4.78 is 11.4. The molecule has 38 heavy (non-hydrogen) atoms. The minimum Gasteiger partial charge on any atom is -0.476 e. The molecule has 0 aromatic heterocycles. The lowest BCUT2D eigenvalue weighted by molar-refractivity contribution is -0.149. The van der Waals surface area contributed by atoms with Crippen molar-refractivity contribution in [3.8, 4) is 11.5 Å². The second-order valence-electron chi connectivity index (χ2n) is 9.76. The molecule has 3 aromatic carbocycles. The highest BCUT2D eigenvalue weighted by molar-refractivity contribution is 6.30. The van der Waals surface area contributed by atoms with Crippen molar-refractivity contribution in [2.75, 3.05) is 13.1 Å². The Morgan fingerprint density at radius 2 is 1.47 bits per heavy atom. The van der Waals surface area contributed by atoms with Crippen molar-refractivity contribution in [2.45, 2.75) is 44.8 Å². The molecule has 0 radical (unpaired) electrons. The molecule has 4 rings (SSSR count). The van der Waals surface area contributed by atoms with Gasteiger partial charge in [-0.1, -0.05) is 23.7 Å². The molecule has 0 heterocycles. The highest BCUT2D eigenvalue weighted by atomic mass is 35.5. The first-order valence-corrected chi connectivity index (χ1v) is 13.0. The van der Waals surface area contributed by atoms with Gasteiger partial charge < -0.3 is 20.1 Å². The summed E-state index contributed by atoms with van der Waals surface area (Å²) >= 11 is 5.86. The molecule has 198 valence electrons. The molecular weight excluding hydrogens is 504 g/mol. The van der Waals surface area contributed by atoms with Crippen molar-refractivity contribution < 1.29 is 23.9 Å². The molecule has 1 saturated carbocycles. The van der Waals surface area contributed by atoms with Crippen molar-refractivity contribution in [3.63, 3.8) is 0 Å². The number of benzene rings is 3. The zero-order valence-electron chi connectivity index (χ0n) is 21.5. The third kappa shape index (κ3) is 7.91. The molecule has 1 amide bonds. The number of nitrogens with one attached hydrogen (secondary N) is 2. The molecule has 3 aromatic rings. The molecule has 0 atom stereocenters. The molecule has 1 aliphatic carbocycles. The topological polar surface area (TPSA) is 93.7 Å². The van der Waals surface area contributed by atoms with Gasteiger partial charge in [-0.2, -0.15) is 0 Å². The fourth-order valence-electron chi connectivity index (χ4n) is 3.65. The predicted molar refractivity (Wildman–Crippen MR) is 146 cm³/mol. The maximum Gasteiger partial charge on any atom is 0.355 e. The Morgan fingerprint density at radius 1 is 0.868 bits per heavy atom. The van der Waals surface area contributed by atoms with Crippen LogP contribution in [0.5, 0.6) is 11.5 Å². The van der Waals surface area contributed by atoms with E-state index in [1.807, 2.05) is 12.1 Å². The van der Waals surface area contributed by atoms with Gasteiger partial charge in [0.15, 0.2) is 5.78 Å². The molecule has 0 spiro atoms. The van der Waals surface area contributed by atoms with Gasteiger partial charge in [0.25, 0.3) is 5.91 Å². The maximum absolute atomic E-state index is 12.8. The van der Waals surface area contributed by atoms with E-state index in [0.29, 0.717) is 53.2 Å². The SMILES string of the molecule is CC(C)(Oc1ccc(CCNC(=O)c2ccc(Cl)cc2)cc1)C(=O)Oc1ccc(C(=O)CNC2CC2)cc1. The number of Topliss-reactive ketones (excluding diaryl/α,β-unsaturated/α-hetero) is 1. The first-order valence-electron chi connectivity index (χ1n) is 12.6. The molecule has 1 aliphatic rings. The monoisotopic (exact) mass is 534 g/mol. The van der Waals surface area contributed by atoms with E-state index < -0.39 is 11.6 Å². The van der Waals surface area contributed by atoms with E-state index in [4.69, 9.17) is 21.1 Å². The van der Waals surface area contributed by atoms with Crippen molar-refractivity contribution in [1.29, 1.82) is 0 Å². The van der Waals surface area contributed by atoms with Gasteiger partial charge in [0.2, 0.25) is 5.60 Å². The summed E-state index contributed by atoms with van der Waals surface area (Å²) in [5, 5.41) is 6.67. The Labute approximate surface area is 227 Å². The summed E-state index contributed by atoms with van der Waals surface area (Å²) in [6, 6.07) is 21.1. The van der Waals surface area contributed by atoms with Gasteiger partial charge in [-0.3, -0.25) is 9.59 Å². The van der Waals surface area contributed by atoms with Crippen LogP contribution in [0.15, 0.2) is 72.8 Å². The number of hydrogen-bond donors (Lipinski definition) is 2. The average molecular weight is 535 g/mol. The molecule has 7 nitrogen and oxygen atoms in total. The molecule has 2 N–H and O–H groups in total. The van der Waals surface area contributed by atoms with Crippen LogP contribution in [-0.2, 0) is 11.2 Å². The van der Waals surface area contributed by atoms with Crippen LogP contribution in [0.2, 0.25) is 5.02 Å². The lowest BCUT2D eigenvalue weighted by Gasteiger charge is -2.24. The van der Waals surface area contributed by atoms with E-state index in [1.54, 1.807) is 74.5 Å². The quantitative estimate of drug-likeness (QED) is 0.193. The minimum atomic E-state index is -1.24. The zero-order chi connectivity index (χ0) is 27.1. The summed E-state index contributed by atoms with van der Waals surface area (Å²) in [5.74, 6) is 0.153. The van der Waals surface area contributed by atoms with Gasteiger partial charge in [-0.25, -0.2) is 4.79 Å². The number of carbonyl (C=O) groups is 3. The van der Waals surface area contributed by atoms with E-state index in [-0.39, 0.29) is 11.7 Å². The average Bonchev–Trinajstić information content (AvgIpc) is 3.73. The Balaban J connectivity index is 1.23. The highest BCUT2D eigenvalue weighted by Crippen LogP contribution is 2.23. The second-order valence-corrected chi connectivity index (χ2v) is 10.2. The number of carbonyl (C=O) groups excluding carboxylic acids is 3. The van der Waals surface area contributed by atoms with E-state index in [2.05, 4.69) is 10.6 Å². The first-order chi connectivity index (χ1) is 18.2. The van der Waals surface area contributed by atoms with Crippen LogP contribution in [0.1, 0.15) is 53.0 Å². The van der Waals surface area contributed by atoms with Crippen molar-refractivity contribution in [2.24, 2.45) is 0 Å². The normalized spacial score (nSPS) is 13.0. The van der Waals surface area contributed by atoms with Crippen LogP contribution < -0.4 is 20.1 Å². The van der Waals surface area contributed by atoms with Gasteiger partial charge in [-0.15, -0.1) is 0 Å². The summed E-state index contributed by atoms with van der Waals surface area (Å²) in [5.41, 5.74) is 0.892. The summed E-state index contributed by atoms with van der Waals surface area (Å²) in [6.07, 6.45) is 2.88.